The molecule has 1 heterocycles. The minimum atomic E-state index is -0.112. The number of benzene rings is 1. The molecule has 1 amide bonds. The molecular formula is C13H16ClNO2. The van der Waals surface area contributed by atoms with Crippen LogP contribution >= 0.6 is 11.6 Å². The number of alkyl halides is 1. The Kier molecular flexibility index (Phi) is 3.57. The largest absolute Gasteiger partial charge is 0.507 e. The Bertz CT molecular complexity index is 422. The second kappa shape index (κ2) is 4.96. The molecule has 4 heteroatoms. The molecular weight excluding hydrogens is 238 g/mol. The normalized spacial score (nSPS) is 24.7. The second-order valence-electron chi connectivity index (χ2n) is 4.55. The molecule has 0 spiro atoms. The van der Waals surface area contributed by atoms with Gasteiger partial charge in [-0.1, -0.05) is 19.1 Å². The molecule has 0 aliphatic carbocycles. The first-order valence-electron chi connectivity index (χ1n) is 5.81. The minimum absolute atomic E-state index is 0.0400. The van der Waals surface area contributed by atoms with Crippen molar-refractivity contribution in [3.8, 4) is 5.75 Å². The van der Waals surface area contributed by atoms with Gasteiger partial charge in [0.15, 0.2) is 0 Å². The fourth-order valence-corrected chi connectivity index (χ4v) is 2.30. The molecule has 0 radical (unpaired) electrons. The first-order valence-corrected chi connectivity index (χ1v) is 6.24. The van der Waals surface area contributed by atoms with Crippen molar-refractivity contribution in [3.05, 3.63) is 29.8 Å². The van der Waals surface area contributed by atoms with Crippen LogP contribution in [-0.2, 0) is 0 Å². The lowest BCUT2D eigenvalue weighted by atomic mass is 9.98. The van der Waals surface area contributed by atoms with Crippen molar-refractivity contribution in [2.75, 3.05) is 13.1 Å². The van der Waals surface area contributed by atoms with E-state index >= 15 is 0 Å². The zero-order chi connectivity index (χ0) is 12.4. The van der Waals surface area contributed by atoms with Gasteiger partial charge >= 0.3 is 0 Å². The molecule has 0 aromatic heterocycles. The van der Waals surface area contributed by atoms with Crippen LogP contribution in [0.1, 0.15) is 23.7 Å². The first kappa shape index (κ1) is 12.2. The zero-order valence-corrected chi connectivity index (χ0v) is 10.5. The topological polar surface area (TPSA) is 40.5 Å². The van der Waals surface area contributed by atoms with Crippen molar-refractivity contribution in [1.29, 1.82) is 0 Å². The molecule has 1 N–H and O–H groups in total. The van der Waals surface area contributed by atoms with E-state index in [0.29, 0.717) is 24.6 Å². The third kappa shape index (κ3) is 2.55. The molecule has 1 aliphatic heterocycles. The summed E-state index contributed by atoms with van der Waals surface area (Å²) >= 11 is 6.13. The minimum Gasteiger partial charge on any atom is -0.507 e. The highest BCUT2D eigenvalue weighted by Gasteiger charge is 2.28. The summed E-state index contributed by atoms with van der Waals surface area (Å²) in [5.74, 6) is 0.219. The number of likely N-dealkylation sites (tertiary alicyclic amines) is 1. The average Bonchev–Trinajstić information content (AvgIpc) is 2.32. The number of phenols is 1. The van der Waals surface area contributed by atoms with Crippen LogP contribution in [0.2, 0.25) is 0 Å². The van der Waals surface area contributed by atoms with Crippen LogP contribution in [-0.4, -0.2) is 34.4 Å². The Labute approximate surface area is 106 Å². The quantitative estimate of drug-likeness (QED) is 0.782. The summed E-state index contributed by atoms with van der Waals surface area (Å²) in [4.78, 5) is 14.0. The van der Waals surface area contributed by atoms with Crippen LogP contribution < -0.4 is 0 Å². The van der Waals surface area contributed by atoms with Crippen molar-refractivity contribution in [2.24, 2.45) is 5.92 Å². The summed E-state index contributed by atoms with van der Waals surface area (Å²) in [6.45, 7) is 3.36. The number of hydrogen-bond donors (Lipinski definition) is 1. The van der Waals surface area contributed by atoms with Crippen molar-refractivity contribution in [2.45, 2.75) is 18.7 Å². The molecule has 2 atom stereocenters. The highest BCUT2D eigenvalue weighted by Crippen LogP contribution is 2.25. The number of para-hydroxylation sites is 1. The van der Waals surface area contributed by atoms with E-state index in [1.54, 1.807) is 23.1 Å². The van der Waals surface area contributed by atoms with Crippen molar-refractivity contribution < 1.29 is 9.90 Å². The van der Waals surface area contributed by atoms with Crippen LogP contribution in [0.15, 0.2) is 24.3 Å². The molecule has 17 heavy (non-hydrogen) atoms. The maximum atomic E-state index is 12.2. The van der Waals surface area contributed by atoms with Gasteiger partial charge in [-0.3, -0.25) is 4.79 Å². The lowest BCUT2D eigenvalue weighted by Gasteiger charge is -2.34. The SMILES string of the molecule is CC1CN(C(=O)c2ccccc2O)CCC1Cl. The standard InChI is InChI=1S/C13H16ClNO2/c1-9-8-15(7-6-11(9)14)13(17)10-4-2-3-5-12(10)16/h2-5,9,11,16H,6-8H2,1H3. The van der Waals surface area contributed by atoms with Gasteiger partial charge in [0.1, 0.15) is 5.75 Å². The molecule has 1 fully saturated rings. The number of nitrogens with zero attached hydrogens (tertiary/aromatic N) is 1. The highest BCUT2D eigenvalue weighted by atomic mass is 35.5. The summed E-state index contributed by atoms with van der Waals surface area (Å²) in [7, 11) is 0. The molecule has 0 bridgehead atoms. The smallest absolute Gasteiger partial charge is 0.257 e. The van der Waals surface area contributed by atoms with Gasteiger partial charge in [-0.05, 0) is 24.5 Å². The van der Waals surface area contributed by atoms with Gasteiger partial charge in [0.2, 0.25) is 0 Å². The molecule has 2 unspecified atom stereocenters. The molecule has 2 rings (SSSR count). The zero-order valence-electron chi connectivity index (χ0n) is 9.77. The van der Waals surface area contributed by atoms with Gasteiger partial charge in [-0.25, -0.2) is 0 Å². The number of halogens is 1. The summed E-state index contributed by atoms with van der Waals surface area (Å²) in [5, 5.41) is 9.80. The van der Waals surface area contributed by atoms with E-state index in [4.69, 9.17) is 11.6 Å². The number of piperidine rings is 1. The Hall–Kier alpha value is -1.22. The Balaban J connectivity index is 2.14. The summed E-state index contributed by atoms with van der Waals surface area (Å²) < 4.78 is 0. The Morgan fingerprint density at radius 2 is 2.18 bits per heavy atom. The fraction of sp³-hybridized carbons (Fsp3) is 0.462. The highest BCUT2D eigenvalue weighted by molar-refractivity contribution is 6.20. The Morgan fingerprint density at radius 1 is 1.47 bits per heavy atom. The van der Waals surface area contributed by atoms with Crippen LogP contribution in [0.4, 0.5) is 0 Å². The molecule has 1 saturated heterocycles. The van der Waals surface area contributed by atoms with E-state index in [9.17, 15) is 9.90 Å². The van der Waals surface area contributed by atoms with Gasteiger partial charge in [0.05, 0.1) is 5.56 Å². The third-order valence-corrected chi connectivity index (χ3v) is 3.87. The molecule has 1 aromatic rings. The van der Waals surface area contributed by atoms with Gasteiger partial charge in [0.25, 0.3) is 5.91 Å². The van der Waals surface area contributed by atoms with Gasteiger partial charge < -0.3 is 10.0 Å². The van der Waals surface area contributed by atoms with E-state index in [2.05, 4.69) is 0 Å². The van der Waals surface area contributed by atoms with Crippen molar-refractivity contribution >= 4 is 17.5 Å². The van der Waals surface area contributed by atoms with Gasteiger partial charge in [-0.2, -0.15) is 0 Å². The predicted octanol–water partition coefficient (Wildman–Crippen LogP) is 2.48. The van der Waals surface area contributed by atoms with Gasteiger partial charge in [0, 0.05) is 18.5 Å². The summed E-state index contributed by atoms with van der Waals surface area (Å²) in [5.41, 5.74) is 0.368. The van der Waals surface area contributed by atoms with Crippen molar-refractivity contribution in [3.63, 3.8) is 0 Å². The lowest BCUT2D eigenvalue weighted by molar-refractivity contribution is 0.0684. The number of rotatable bonds is 1. The summed E-state index contributed by atoms with van der Waals surface area (Å²) in [6.07, 6.45) is 0.808. The molecule has 92 valence electrons. The summed E-state index contributed by atoms with van der Waals surface area (Å²) in [6, 6.07) is 6.64. The number of carbonyl (C=O) groups is 1. The second-order valence-corrected chi connectivity index (χ2v) is 5.11. The van der Waals surface area contributed by atoms with E-state index in [0.717, 1.165) is 6.42 Å². The number of phenolic OH excluding ortho intramolecular Hbond substituents is 1. The first-order chi connectivity index (χ1) is 8.09. The van der Waals surface area contributed by atoms with Crippen LogP contribution in [0, 0.1) is 5.92 Å². The van der Waals surface area contributed by atoms with E-state index in [-0.39, 0.29) is 17.0 Å². The van der Waals surface area contributed by atoms with Crippen LogP contribution in [0.5, 0.6) is 5.75 Å². The molecule has 1 aromatic carbocycles. The predicted molar refractivity (Wildman–Crippen MR) is 67.4 cm³/mol. The molecule has 3 nitrogen and oxygen atoms in total. The number of hydrogen-bond acceptors (Lipinski definition) is 2. The molecule has 0 saturated carbocycles. The van der Waals surface area contributed by atoms with Crippen LogP contribution in [0.3, 0.4) is 0 Å². The van der Waals surface area contributed by atoms with E-state index in [1.807, 2.05) is 6.92 Å². The van der Waals surface area contributed by atoms with Crippen molar-refractivity contribution in [1.82, 2.24) is 4.90 Å². The van der Waals surface area contributed by atoms with Crippen LogP contribution in [0.25, 0.3) is 0 Å². The Morgan fingerprint density at radius 3 is 2.82 bits per heavy atom. The van der Waals surface area contributed by atoms with Gasteiger partial charge in [-0.15, -0.1) is 11.6 Å². The third-order valence-electron chi connectivity index (χ3n) is 3.22. The van der Waals surface area contributed by atoms with E-state index < -0.39 is 0 Å². The number of carbonyl (C=O) groups excluding carboxylic acids is 1. The average molecular weight is 254 g/mol. The molecule has 1 aliphatic rings. The maximum Gasteiger partial charge on any atom is 0.257 e. The fourth-order valence-electron chi connectivity index (χ4n) is 2.13. The number of aromatic hydroxyl groups is 1. The van der Waals surface area contributed by atoms with E-state index in [1.165, 1.54) is 6.07 Å². The lowest BCUT2D eigenvalue weighted by Crippen LogP contribution is -2.43. The maximum absolute atomic E-state index is 12.2. The number of amides is 1. The monoisotopic (exact) mass is 253 g/mol.